The molecule has 169 valence electrons. The van der Waals surface area contributed by atoms with Crippen LogP contribution in [0.2, 0.25) is 26.6 Å². The van der Waals surface area contributed by atoms with Crippen LogP contribution >= 0.6 is 0 Å². The second-order valence-electron chi connectivity index (χ2n) is 8.12. The van der Waals surface area contributed by atoms with E-state index in [2.05, 4.69) is 41.5 Å². The van der Waals surface area contributed by atoms with Gasteiger partial charge < -0.3 is 0 Å². The number of hydrogen-bond donors (Lipinski definition) is 0. The Balaban J connectivity index is -0.000000411. The van der Waals surface area contributed by atoms with Crippen molar-refractivity contribution in [2.24, 2.45) is 0 Å². The van der Waals surface area contributed by atoms with E-state index < -0.39 is 39.5 Å². The molecule has 0 spiro atoms. The average Bonchev–Trinajstić information content (AvgIpc) is 2.67. The van der Waals surface area contributed by atoms with E-state index in [-0.39, 0.29) is 17.1 Å². The Kier molecular flexibility index (Phi) is 37.9. The SMILES string of the molecule is CCC[CH2][Sn]([CH2]CCC)[CH2]CCC.CCC[CH2][Sn]([CH2]CCC)[CH2]CCC.[Cu]. The van der Waals surface area contributed by atoms with E-state index in [0.717, 1.165) is 0 Å². The van der Waals surface area contributed by atoms with Gasteiger partial charge in [-0.3, -0.25) is 0 Å². The van der Waals surface area contributed by atoms with Crippen LogP contribution in [0.25, 0.3) is 0 Å². The maximum atomic E-state index is 2.33. The summed E-state index contributed by atoms with van der Waals surface area (Å²) in [6.07, 6.45) is 17.7. The predicted molar refractivity (Wildman–Crippen MR) is 130 cm³/mol. The summed E-state index contributed by atoms with van der Waals surface area (Å²) in [6, 6.07) is 0. The Labute approximate surface area is 200 Å². The predicted octanol–water partition coefficient (Wildman–Crippen LogP) is 9.76. The fourth-order valence-electron chi connectivity index (χ4n) is 3.31. The van der Waals surface area contributed by atoms with Crippen LogP contribution in [0, 0.1) is 0 Å². The summed E-state index contributed by atoms with van der Waals surface area (Å²) in [5, 5.41) is 0. The van der Waals surface area contributed by atoms with Gasteiger partial charge in [-0.05, 0) is 0 Å². The fraction of sp³-hybridized carbons (Fsp3) is 1.00. The Morgan fingerprint density at radius 2 is 0.481 bits per heavy atom. The van der Waals surface area contributed by atoms with Gasteiger partial charge >= 0.3 is 185 Å². The molecule has 0 aromatic heterocycles. The Morgan fingerprint density at radius 3 is 0.593 bits per heavy atom. The molecule has 0 aromatic carbocycles. The third-order valence-corrected chi connectivity index (χ3v) is 23.5. The minimum absolute atomic E-state index is 0. The van der Waals surface area contributed by atoms with Crippen molar-refractivity contribution in [3.05, 3.63) is 0 Å². The molecule has 0 rings (SSSR count). The molecule has 0 fully saturated rings. The van der Waals surface area contributed by atoms with Crippen molar-refractivity contribution in [3.63, 3.8) is 0 Å². The molecule has 0 bridgehead atoms. The first kappa shape index (κ1) is 33.7. The van der Waals surface area contributed by atoms with Crippen LogP contribution in [0.15, 0.2) is 0 Å². The zero-order chi connectivity index (χ0) is 19.9. The Morgan fingerprint density at radius 1 is 0.333 bits per heavy atom. The van der Waals surface area contributed by atoms with Gasteiger partial charge in [0.1, 0.15) is 0 Å². The van der Waals surface area contributed by atoms with Crippen molar-refractivity contribution in [2.45, 2.75) is 145 Å². The van der Waals surface area contributed by atoms with Gasteiger partial charge in [0.15, 0.2) is 0 Å². The summed E-state index contributed by atoms with van der Waals surface area (Å²) in [7, 11) is 0. The van der Waals surface area contributed by atoms with Gasteiger partial charge in [-0.2, -0.15) is 0 Å². The van der Waals surface area contributed by atoms with Crippen molar-refractivity contribution in [3.8, 4) is 0 Å². The molecule has 0 saturated heterocycles. The first-order valence-electron chi connectivity index (χ1n) is 12.4. The Bertz CT molecular complexity index is 174. The molecule has 3 heteroatoms. The van der Waals surface area contributed by atoms with E-state index in [1.54, 1.807) is 26.6 Å². The summed E-state index contributed by atoms with van der Waals surface area (Å²) in [6.45, 7) is 14.0. The zero-order valence-electron chi connectivity index (χ0n) is 20.0. The molecule has 0 unspecified atom stereocenters. The first-order chi connectivity index (χ1) is 12.7. The molecule has 0 heterocycles. The summed E-state index contributed by atoms with van der Waals surface area (Å²) >= 11 is -1.68. The molecule has 0 saturated carbocycles. The summed E-state index contributed by atoms with van der Waals surface area (Å²) < 4.78 is 10.1. The summed E-state index contributed by atoms with van der Waals surface area (Å²) in [4.78, 5) is 0. The average molecular weight is 644 g/mol. The molecule has 27 heavy (non-hydrogen) atoms. The summed E-state index contributed by atoms with van der Waals surface area (Å²) in [5.41, 5.74) is 0. The normalized spacial score (nSPS) is 10.7. The largest absolute Gasteiger partial charge is 0 e. The second-order valence-corrected chi connectivity index (χ2v) is 25.2. The second kappa shape index (κ2) is 30.3. The maximum absolute atomic E-state index is 2.33. The molecule has 3 radical (unpaired) electrons. The third kappa shape index (κ3) is 28.1. The van der Waals surface area contributed by atoms with Crippen LogP contribution in [0.1, 0.15) is 119 Å². The smallest absolute Gasteiger partial charge is 0 e. The van der Waals surface area contributed by atoms with E-state index in [9.17, 15) is 0 Å². The van der Waals surface area contributed by atoms with Gasteiger partial charge in [0, 0.05) is 17.1 Å². The molecule has 0 aromatic rings. The molecule has 0 nitrogen and oxygen atoms in total. The fourth-order valence-corrected chi connectivity index (χ4v) is 22.2. The van der Waals surface area contributed by atoms with Gasteiger partial charge in [0.05, 0.1) is 0 Å². The molecular formula is C24H54CuSn2. The van der Waals surface area contributed by atoms with E-state index in [1.807, 2.05) is 0 Å². The van der Waals surface area contributed by atoms with Crippen molar-refractivity contribution >= 4 is 39.5 Å². The quantitative estimate of drug-likeness (QED) is 0.131. The van der Waals surface area contributed by atoms with Crippen LogP contribution in [-0.4, -0.2) is 39.5 Å². The standard InChI is InChI=1S/6C4H9.Cu.2Sn/c6*1-3-4-2;;;/h6*1,3-4H2,2H3;;;. The minimum atomic E-state index is -0.839. The van der Waals surface area contributed by atoms with Gasteiger partial charge in [0.2, 0.25) is 0 Å². The van der Waals surface area contributed by atoms with Crippen LogP contribution < -0.4 is 0 Å². The Hall–Kier alpha value is 2.12. The van der Waals surface area contributed by atoms with Gasteiger partial charge in [0.25, 0.3) is 0 Å². The van der Waals surface area contributed by atoms with Crippen LogP contribution in [0.3, 0.4) is 0 Å². The molecule has 0 aliphatic rings. The van der Waals surface area contributed by atoms with Crippen molar-refractivity contribution in [1.29, 1.82) is 0 Å². The number of rotatable bonds is 18. The van der Waals surface area contributed by atoms with Crippen LogP contribution in [-0.2, 0) is 17.1 Å². The monoisotopic (exact) mass is 645 g/mol. The molecule has 0 amide bonds. The number of hydrogen-bond acceptors (Lipinski definition) is 0. The third-order valence-electron chi connectivity index (χ3n) is 5.30. The van der Waals surface area contributed by atoms with Crippen LogP contribution in [0.5, 0.6) is 0 Å². The van der Waals surface area contributed by atoms with E-state index >= 15 is 0 Å². The van der Waals surface area contributed by atoms with Crippen LogP contribution in [0.4, 0.5) is 0 Å². The van der Waals surface area contributed by atoms with Gasteiger partial charge in [-0.15, -0.1) is 0 Å². The number of unbranched alkanes of at least 4 members (excludes halogenated alkanes) is 6. The minimum Gasteiger partial charge on any atom is 0 e. The van der Waals surface area contributed by atoms with E-state index in [1.165, 1.54) is 77.0 Å². The molecular weight excluding hydrogens is 589 g/mol. The molecule has 0 aliphatic heterocycles. The van der Waals surface area contributed by atoms with E-state index in [4.69, 9.17) is 0 Å². The van der Waals surface area contributed by atoms with Crippen molar-refractivity contribution in [1.82, 2.24) is 0 Å². The topological polar surface area (TPSA) is 0 Å². The molecule has 0 N–H and O–H groups in total. The van der Waals surface area contributed by atoms with Gasteiger partial charge in [-0.1, -0.05) is 0 Å². The summed E-state index contributed by atoms with van der Waals surface area (Å²) in [5.74, 6) is 0. The molecule has 0 atom stereocenters. The molecule has 0 aliphatic carbocycles. The first-order valence-corrected chi connectivity index (χ1v) is 24.5. The van der Waals surface area contributed by atoms with E-state index in [0.29, 0.717) is 0 Å². The maximum Gasteiger partial charge on any atom is 0 e. The zero-order valence-corrected chi connectivity index (χ0v) is 26.7. The van der Waals surface area contributed by atoms with Gasteiger partial charge in [-0.25, -0.2) is 0 Å². The van der Waals surface area contributed by atoms with Crippen molar-refractivity contribution < 1.29 is 17.1 Å². The van der Waals surface area contributed by atoms with Crippen molar-refractivity contribution in [2.75, 3.05) is 0 Å².